The maximum absolute atomic E-state index is 14.9. The van der Waals surface area contributed by atoms with Gasteiger partial charge in [-0.25, -0.2) is 9.59 Å². The smallest absolute Gasteiger partial charge is 0.343 e. The van der Waals surface area contributed by atoms with Crippen LogP contribution in [0, 0.1) is 11.3 Å². The Morgan fingerprint density at radius 3 is 1.24 bits per heavy atom. The van der Waals surface area contributed by atoms with Crippen molar-refractivity contribution < 1.29 is 38.1 Å². The molecule has 0 aliphatic carbocycles. The van der Waals surface area contributed by atoms with Crippen LogP contribution in [0.25, 0.3) is 0 Å². The first-order valence-corrected chi connectivity index (χ1v) is 27.6. The van der Waals surface area contributed by atoms with Gasteiger partial charge in [0.1, 0.15) is 34.2 Å². The predicted octanol–water partition coefficient (Wildman–Crippen LogP) is 17.4. The van der Waals surface area contributed by atoms with E-state index in [1.165, 1.54) is 5.56 Å². The highest BCUT2D eigenvalue weighted by molar-refractivity contribution is 6.03. The molecule has 3 unspecified atom stereocenters. The number of unbranched alkanes of at least 4 members (excludes halogenated alkanes) is 1. The Morgan fingerprint density at radius 1 is 0.421 bits per heavy atom. The van der Waals surface area contributed by atoms with Crippen LogP contribution in [0.15, 0.2) is 146 Å². The van der Waals surface area contributed by atoms with E-state index in [1.54, 1.807) is 48.5 Å². The molecule has 0 aromatic heterocycles. The quantitative estimate of drug-likeness (QED) is 0.0301. The van der Waals surface area contributed by atoms with E-state index in [0.717, 1.165) is 73.8 Å². The largest absolute Gasteiger partial charge is 0.488 e. The summed E-state index contributed by atoms with van der Waals surface area (Å²) < 4.78 is 24.8. The van der Waals surface area contributed by atoms with Crippen molar-refractivity contribution in [1.82, 2.24) is 0 Å². The molecule has 0 saturated heterocycles. The molecule has 0 aliphatic heterocycles. The van der Waals surface area contributed by atoms with Gasteiger partial charge in [0.2, 0.25) is 0 Å². The summed E-state index contributed by atoms with van der Waals surface area (Å²) in [6.45, 7) is 27.0. The SMILES string of the molecule is CCCCC(C)(C(=O)c1cccc(C(=O)Oc2ccc(C(C)(CCC)c3ccc(OC(C)(C)CCC)cc3)cc2)c1)C(C)(C)Oc1ccc(C(C)(CCC)c2ccc(OC(=O)c3ccc(C(=O)C(C)C)cc3)cc2)cc1. The van der Waals surface area contributed by atoms with Crippen molar-refractivity contribution in [2.45, 2.75) is 170 Å². The van der Waals surface area contributed by atoms with Gasteiger partial charge < -0.3 is 18.9 Å². The number of hydrogen-bond donors (Lipinski definition) is 0. The number of carbonyl (C=O) groups excluding carboxylic acids is 4. The normalized spacial score (nSPS) is 14.2. The van der Waals surface area contributed by atoms with E-state index in [-0.39, 0.29) is 39.5 Å². The molecule has 0 saturated carbocycles. The summed E-state index contributed by atoms with van der Waals surface area (Å²) in [6, 6.07) is 45.4. The van der Waals surface area contributed by atoms with Gasteiger partial charge in [-0.2, -0.15) is 0 Å². The molecule has 0 aliphatic rings. The van der Waals surface area contributed by atoms with Crippen LogP contribution >= 0.6 is 0 Å². The molecule has 0 bridgehead atoms. The molecule has 402 valence electrons. The van der Waals surface area contributed by atoms with Crippen LogP contribution in [0.5, 0.6) is 23.0 Å². The fourth-order valence-corrected chi connectivity index (χ4v) is 10.6. The van der Waals surface area contributed by atoms with Crippen molar-refractivity contribution in [3.63, 3.8) is 0 Å². The third-order valence-corrected chi connectivity index (χ3v) is 15.7. The maximum atomic E-state index is 14.9. The van der Waals surface area contributed by atoms with Crippen molar-refractivity contribution >= 4 is 23.5 Å². The van der Waals surface area contributed by atoms with Gasteiger partial charge in [-0.3, -0.25) is 9.59 Å². The zero-order valence-corrected chi connectivity index (χ0v) is 47.6. The molecule has 6 rings (SSSR count). The van der Waals surface area contributed by atoms with E-state index in [2.05, 4.69) is 91.8 Å². The second-order valence-corrected chi connectivity index (χ2v) is 22.7. The molecule has 0 heterocycles. The summed E-state index contributed by atoms with van der Waals surface area (Å²) in [6.07, 6.45) is 8.02. The predicted molar refractivity (Wildman–Crippen MR) is 307 cm³/mol. The van der Waals surface area contributed by atoms with E-state index in [1.807, 2.05) is 95.3 Å². The van der Waals surface area contributed by atoms with E-state index >= 15 is 0 Å². The average Bonchev–Trinajstić information content (AvgIpc) is 3.40. The number of ketones is 2. The molecule has 8 nitrogen and oxygen atoms in total. The van der Waals surface area contributed by atoms with Crippen molar-refractivity contribution in [1.29, 1.82) is 0 Å². The minimum atomic E-state index is -0.970. The number of esters is 2. The van der Waals surface area contributed by atoms with Gasteiger partial charge in [-0.15, -0.1) is 0 Å². The van der Waals surface area contributed by atoms with Gasteiger partial charge >= 0.3 is 11.9 Å². The highest BCUT2D eigenvalue weighted by Gasteiger charge is 2.49. The van der Waals surface area contributed by atoms with Gasteiger partial charge in [0, 0.05) is 27.9 Å². The van der Waals surface area contributed by atoms with Crippen LogP contribution in [-0.4, -0.2) is 34.7 Å². The van der Waals surface area contributed by atoms with Gasteiger partial charge in [-0.05, 0) is 155 Å². The molecule has 8 heteroatoms. The summed E-state index contributed by atoms with van der Waals surface area (Å²) in [5.41, 5.74) is 3.32. The Bertz CT molecular complexity index is 2890. The van der Waals surface area contributed by atoms with E-state index in [9.17, 15) is 19.2 Å². The minimum Gasteiger partial charge on any atom is -0.488 e. The molecule has 0 amide bonds. The van der Waals surface area contributed by atoms with Gasteiger partial charge in [0.25, 0.3) is 0 Å². The summed E-state index contributed by atoms with van der Waals surface area (Å²) in [4.78, 5) is 54.1. The van der Waals surface area contributed by atoms with Crippen molar-refractivity contribution in [2.24, 2.45) is 11.3 Å². The zero-order chi connectivity index (χ0) is 55.5. The fraction of sp³-hybridized carbons (Fsp3) is 0.412. The Kier molecular flexibility index (Phi) is 19.2. The first-order valence-electron chi connectivity index (χ1n) is 27.6. The van der Waals surface area contributed by atoms with Gasteiger partial charge in [-0.1, -0.05) is 160 Å². The first kappa shape index (κ1) is 58.5. The molecular weight excluding hydrogens is 945 g/mol. The highest BCUT2D eigenvalue weighted by atomic mass is 16.5. The topological polar surface area (TPSA) is 105 Å². The van der Waals surface area contributed by atoms with Gasteiger partial charge in [0.15, 0.2) is 11.6 Å². The molecular formula is C68H82O8. The molecule has 6 aromatic rings. The second kappa shape index (κ2) is 24.9. The van der Waals surface area contributed by atoms with Crippen LogP contribution in [0.2, 0.25) is 0 Å². The zero-order valence-electron chi connectivity index (χ0n) is 47.6. The number of Topliss-reactive ketones (excluding diaryl/α,β-unsaturated/α-hetero) is 2. The molecule has 0 fully saturated rings. The summed E-state index contributed by atoms with van der Waals surface area (Å²) in [7, 11) is 0. The monoisotopic (exact) mass is 1030 g/mol. The maximum Gasteiger partial charge on any atom is 0.343 e. The number of rotatable bonds is 26. The van der Waals surface area contributed by atoms with Crippen LogP contribution in [0.4, 0.5) is 0 Å². The molecule has 76 heavy (non-hydrogen) atoms. The number of carbonyl (C=O) groups is 4. The number of benzene rings is 6. The summed E-state index contributed by atoms with van der Waals surface area (Å²) in [5, 5.41) is 0. The van der Waals surface area contributed by atoms with Crippen LogP contribution < -0.4 is 18.9 Å². The Hall–Kier alpha value is -6.80. The Labute approximate surface area is 453 Å². The lowest BCUT2D eigenvalue weighted by molar-refractivity contribution is -0.0146. The van der Waals surface area contributed by atoms with E-state index in [0.29, 0.717) is 40.4 Å². The molecule has 3 atom stereocenters. The first-order chi connectivity index (χ1) is 36.0. The van der Waals surface area contributed by atoms with Crippen molar-refractivity contribution in [2.75, 3.05) is 0 Å². The Balaban J connectivity index is 1.14. The summed E-state index contributed by atoms with van der Waals surface area (Å²) in [5.74, 6) is 1.09. The fourth-order valence-electron chi connectivity index (χ4n) is 10.6. The van der Waals surface area contributed by atoms with Crippen LogP contribution in [-0.2, 0) is 10.8 Å². The molecule has 6 aromatic carbocycles. The molecule has 0 spiro atoms. The summed E-state index contributed by atoms with van der Waals surface area (Å²) >= 11 is 0. The van der Waals surface area contributed by atoms with E-state index in [4.69, 9.17) is 18.9 Å². The van der Waals surface area contributed by atoms with Crippen LogP contribution in [0.1, 0.15) is 211 Å². The number of hydrogen-bond acceptors (Lipinski definition) is 8. The second-order valence-electron chi connectivity index (χ2n) is 22.7. The van der Waals surface area contributed by atoms with Crippen molar-refractivity contribution in [3.05, 3.63) is 190 Å². The highest BCUT2D eigenvalue weighted by Crippen LogP contribution is 2.44. The van der Waals surface area contributed by atoms with Crippen molar-refractivity contribution in [3.8, 4) is 23.0 Å². The standard InChI is InChI=1S/C68H82O8/c1-14-18-45-68(13,61(70)50-20-19-21-51(46-50)63(72)74-57-36-28-53(29-37-57)66(11,43-16-3)54-30-38-58(39-31-54)75-64(7,8)42-15-2)65(9,10)76-59-40-32-55(33-41-59)67(12,44-17-4)52-26-34-56(35-27-52)73-62(71)49-24-22-48(23-25-49)60(69)47(5)6/h19-41,46-47H,14-18,42-45H2,1-13H3. The Morgan fingerprint density at radius 2 is 0.816 bits per heavy atom. The minimum absolute atomic E-state index is 0.0239. The molecule has 0 radical (unpaired) electrons. The molecule has 0 N–H and O–H groups in total. The lowest BCUT2D eigenvalue weighted by Gasteiger charge is -2.43. The van der Waals surface area contributed by atoms with Crippen LogP contribution in [0.3, 0.4) is 0 Å². The lowest BCUT2D eigenvalue weighted by Crippen LogP contribution is -2.51. The number of ether oxygens (including phenoxy) is 4. The third kappa shape index (κ3) is 13.6. The van der Waals surface area contributed by atoms with E-state index < -0.39 is 23.0 Å². The lowest BCUT2D eigenvalue weighted by atomic mass is 9.67. The third-order valence-electron chi connectivity index (χ3n) is 15.7. The van der Waals surface area contributed by atoms with Gasteiger partial charge in [0.05, 0.1) is 16.5 Å². The average molecular weight is 1030 g/mol.